The average molecular weight is 362 g/mol. The van der Waals surface area contributed by atoms with Crippen LogP contribution < -0.4 is 5.32 Å². The van der Waals surface area contributed by atoms with Gasteiger partial charge in [0.15, 0.2) is 0 Å². The monoisotopic (exact) mass is 361 g/mol. The van der Waals surface area contributed by atoms with Gasteiger partial charge < -0.3 is 5.32 Å². The van der Waals surface area contributed by atoms with Crippen LogP contribution in [0.25, 0.3) is 0 Å². The average Bonchev–Trinajstić information content (AvgIpc) is 3.02. The second-order valence-electron chi connectivity index (χ2n) is 4.37. The molecule has 0 aliphatic carbocycles. The topological polar surface area (TPSA) is 64.7 Å². The Balaban J connectivity index is 1.80. The third kappa shape index (κ3) is 3.87. The molecule has 9 heteroatoms. The maximum atomic E-state index is 12.6. The zero-order valence-corrected chi connectivity index (χ0v) is 12.8. The fraction of sp³-hybridized carbons (Fsp3) is 0.417. The van der Waals surface area contributed by atoms with E-state index in [1.807, 2.05) is 13.1 Å². The number of rotatable bonds is 6. The molecule has 0 unspecified atom stereocenters. The molecular formula is C12H14BrF2N5O. The van der Waals surface area contributed by atoms with Crippen molar-refractivity contribution in [3.05, 3.63) is 34.3 Å². The third-order valence-electron chi connectivity index (χ3n) is 2.82. The zero-order valence-electron chi connectivity index (χ0n) is 11.3. The van der Waals surface area contributed by atoms with E-state index in [-0.39, 0.29) is 5.69 Å². The van der Waals surface area contributed by atoms with Gasteiger partial charge in [-0.1, -0.05) is 0 Å². The zero-order chi connectivity index (χ0) is 15.4. The van der Waals surface area contributed by atoms with E-state index in [1.54, 1.807) is 4.68 Å². The third-order valence-corrected chi connectivity index (χ3v) is 3.60. The maximum absolute atomic E-state index is 12.6. The lowest BCUT2D eigenvalue weighted by Gasteiger charge is -2.07. The van der Waals surface area contributed by atoms with Gasteiger partial charge in [-0.15, -0.1) is 0 Å². The van der Waals surface area contributed by atoms with Gasteiger partial charge in [-0.3, -0.25) is 9.48 Å². The molecule has 0 aliphatic heterocycles. The summed E-state index contributed by atoms with van der Waals surface area (Å²) >= 11 is 3.36. The minimum absolute atomic E-state index is 0.150. The molecular weight excluding hydrogens is 348 g/mol. The van der Waals surface area contributed by atoms with Crippen LogP contribution in [-0.4, -0.2) is 32.0 Å². The van der Waals surface area contributed by atoms with Crippen LogP contribution in [0.3, 0.4) is 0 Å². The summed E-state index contributed by atoms with van der Waals surface area (Å²) in [6.45, 7) is 0.0449. The molecule has 2 rings (SSSR count). The normalized spacial score (nSPS) is 11.1. The van der Waals surface area contributed by atoms with Gasteiger partial charge in [0.05, 0.1) is 10.2 Å². The molecule has 0 radical (unpaired) electrons. The molecule has 0 aliphatic rings. The van der Waals surface area contributed by atoms with Crippen molar-refractivity contribution in [2.75, 3.05) is 6.54 Å². The van der Waals surface area contributed by atoms with Crippen LogP contribution in [-0.2, 0) is 6.54 Å². The molecule has 1 amide bonds. The summed E-state index contributed by atoms with van der Waals surface area (Å²) in [6, 6.07) is 1.26. The first-order valence-electron chi connectivity index (χ1n) is 6.28. The van der Waals surface area contributed by atoms with Crippen molar-refractivity contribution in [2.45, 2.75) is 26.4 Å². The highest BCUT2D eigenvalue weighted by molar-refractivity contribution is 9.10. The van der Waals surface area contributed by atoms with Crippen LogP contribution in [0, 0.1) is 6.92 Å². The number of hydrogen-bond donors (Lipinski definition) is 1. The number of carbonyl (C=O) groups is 1. The van der Waals surface area contributed by atoms with Crippen LogP contribution in [0.5, 0.6) is 0 Å². The Hall–Kier alpha value is -1.77. The van der Waals surface area contributed by atoms with Gasteiger partial charge in [0, 0.05) is 25.5 Å². The number of alkyl halides is 2. The summed E-state index contributed by atoms with van der Waals surface area (Å²) in [7, 11) is 0. The quantitative estimate of drug-likeness (QED) is 0.803. The van der Waals surface area contributed by atoms with Crippen molar-refractivity contribution in [3.63, 3.8) is 0 Å². The molecule has 0 fully saturated rings. The Kier molecular flexibility index (Phi) is 5.05. The molecule has 0 spiro atoms. The molecule has 2 aromatic heterocycles. The van der Waals surface area contributed by atoms with Crippen LogP contribution >= 0.6 is 15.9 Å². The number of nitrogens with zero attached hydrogens (tertiary/aromatic N) is 4. The van der Waals surface area contributed by atoms with E-state index in [4.69, 9.17) is 0 Å². The minimum Gasteiger partial charge on any atom is -0.351 e. The standard InChI is InChI=1S/C12H14BrF2N5O/c1-8-9(13)7-19(18-8)6-2-4-16-11(21)10-3-5-17-20(10)12(14)15/h3,5,7,12H,2,4,6H2,1H3,(H,16,21). The first-order valence-corrected chi connectivity index (χ1v) is 7.07. The second-order valence-corrected chi connectivity index (χ2v) is 5.23. The van der Waals surface area contributed by atoms with Gasteiger partial charge in [0.1, 0.15) is 5.69 Å². The molecule has 2 heterocycles. The Morgan fingerprint density at radius 3 is 2.90 bits per heavy atom. The van der Waals surface area contributed by atoms with Crippen molar-refractivity contribution in [1.82, 2.24) is 24.9 Å². The number of aryl methyl sites for hydroxylation is 2. The van der Waals surface area contributed by atoms with Crippen molar-refractivity contribution in [1.29, 1.82) is 0 Å². The van der Waals surface area contributed by atoms with Crippen LogP contribution in [0.1, 0.15) is 29.2 Å². The van der Waals surface area contributed by atoms with Crippen molar-refractivity contribution < 1.29 is 13.6 Å². The van der Waals surface area contributed by atoms with E-state index in [1.165, 1.54) is 12.3 Å². The van der Waals surface area contributed by atoms with Crippen LogP contribution in [0.2, 0.25) is 0 Å². The largest absolute Gasteiger partial charge is 0.351 e. The second kappa shape index (κ2) is 6.79. The van der Waals surface area contributed by atoms with E-state index in [9.17, 15) is 13.6 Å². The molecule has 1 N–H and O–H groups in total. The summed E-state index contributed by atoms with van der Waals surface area (Å²) < 4.78 is 28.2. The van der Waals surface area contributed by atoms with Gasteiger partial charge in [-0.25, -0.2) is 0 Å². The van der Waals surface area contributed by atoms with E-state index in [0.717, 1.165) is 10.2 Å². The Bertz CT molecular complexity index is 605. The van der Waals surface area contributed by atoms with Crippen molar-refractivity contribution in [3.8, 4) is 0 Å². The van der Waals surface area contributed by atoms with E-state index in [0.29, 0.717) is 24.2 Å². The van der Waals surface area contributed by atoms with Crippen LogP contribution in [0.15, 0.2) is 22.9 Å². The Labute approximate surface area is 128 Å². The molecule has 114 valence electrons. The smallest absolute Gasteiger partial charge is 0.333 e. The van der Waals surface area contributed by atoms with Gasteiger partial charge in [0.25, 0.3) is 5.91 Å². The molecule has 6 nitrogen and oxygen atoms in total. The van der Waals surface area contributed by atoms with E-state index in [2.05, 4.69) is 31.4 Å². The number of nitrogens with one attached hydrogen (secondary N) is 1. The number of amides is 1. The number of hydrogen-bond acceptors (Lipinski definition) is 3. The first kappa shape index (κ1) is 15.6. The highest BCUT2D eigenvalue weighted by atomic mass is 79.9. The highest BCUT2D eigenvalue weighted by Gasteiger charge is 2.17. The molecule has 0 saturated carbocycles. The van der Waals surface area contributed by atoms with Gasteiger partial charge in [-0.05, 0) is 35.3 Å². The van der Waals surface area contributed by atoms with Crippen molar-refractivity contribution >= 4 is 21.8 Å². The summed E-state index contributed by atoms with van der Waals surface area (Å²) in [6.07, 6.45) is 3.66. The number of aromatic nitrogens is 4. The summed E-state index contributed by atoms with van der Waals surface area (Å²) in [5.41, 5.74) is 0.738. The SMILES string of the molecule is Cc1nn(CCCNC(=O)c2ccnn2C(F)F)cc1Br. The fourth-order valence-corrected chi connectivity index (χ4v) is 2.11. The van der Waals surface area contributed by atoms with Gasteiger partial charge >= 0.3 is 6.55 Å². The lowest BCUT2D eigenvalue weighted by atomic mass is 10.3. The van der Waals surface area contributed by atoms with E-state index < -0.39 is 12.5 Å². The lowest BCUT2D eigenvalue weighted by Crippen LogP contribution is -2.28. The molecule has 0 aromatic carbocycles. The summed E-state index contributed by atoms with van der Waals surface area (Å²) in [5.74, 6) is -0.564. The van der Waals surface area contributed by atoms with Gasteiger partial charge in [-0.2, -0.15) is 23.7 Å². The van der Waals surface area contributed by atoms with Gasteiger partial charge in [0.2, 0.25) is 0 Å². The molecule has 0 atom stereocenters. The molecule has 0 bridgehead atoms. The maximum Gasteiger partial charge on any atom is 0.333 e. The minimum atomic E-state index is -2.83. The van der Waals surface area contributed by atoms with Crippen LogP contribution in [0.4, 0.5) is 8.78 Å². The summed E-state index contributed by atoms with van der Waals surface area (Å²) in [4.78, 5) is 11.8. The number of carbonyl (C=O) groups excluding carboxylic acids is 1. The lowest BCUT2D eigenvalue weighted by molar-refractivity contribution is 0.0509. The first-order chi connectivity index (χ1) is 9.99. The molecule has 0 saturated heterocycles. The summed E-state index contributed by atoms with van der Waals surface area (Å²) in [5, 5.41) is 10.3. The predicted octanol–water partition coefficient (Wildman–Crippen LogP) is 2.37. The molecule has 2 aromatic rings. The highest BCUT2D eigenvalue weighted by Crippen LogP contribution is 2.13. The Morgan fingerprint density at radius 2 is 2.29 bits per heavy atom. The number of halogens is 3. The fourth-order valence-electron chi connectivity index (χ4n) is 1.79. The van der Waals surface area contributed by atoms with E-state index >= 15 is 0 Å². The molecule has 21 heavy (non-hydrogen) atoms. The Morgan fingerprint density at radius 1 is 1.52 bits per heavy atom. The predicted molar refractivity (Wildman–Crippen MR) is 75.1 cm³/mol. The van der Waals surface area contributed by atoms with Crippen molar-refractivity contribution in [2.24, 2.45) is 0 Å².